The van der Waals surface area contributed by atoms with Gasteiger partial charge in [-0.2, -0.15) is 0 Å². The number of unbranched alkanes of at least 4 members (excludes halogenated alkanes) is 3. The Morgan fingerprint density at radius 1 is 0.879 bits per heavy atom. The maximum atomic E-state index is 15.5. The van der Waals surface area contributed by atoms with Crippen LogP contribution in [-0.2, 0) is 23.1 Å². The first-order valence-corrected chi connectivity index (χ1v) is 21.6. The van der Waals surface area contributed by atoms with Gasteiger partial charge in [0, 0.05) is 0 Å². The summed E-state index contributed by atoms with van der Waals surface area (Å²) in [5, 5.41) is 0. The van der Waals surface area contributed by atoms with E-state index in [2.05, 4.69) is 26.8 Å². The number of nitrogens with zero attached hydrogens (tertiary/aromatic N) is 1. The van der Waals surface area contributed by atoms with E-state index < -0.39 is 28.4 Å². The molecule has 1 aliphatic rings. The predicted octanol–water partition coefficient (Wildman–Crippen LogP) is 6.89. The van der Waals surface area contributed by atoms with Crippen molar-refractivity contribution >= 4 is 32.0 Å². The standard InChI is InChI=1S/C15H13FNO2S.3C4H9.Sn/c1-11-5-7-13(8-6-11)20(18,19)17-9-12-3-2-4-15(16)14(12)10-17;3*1-3-4-2;/h3-8H,9-10H2,1H3;3*1,3-4H2,2H3;. The zero-order valence-corrected chi connectivity index (χ0v) is 24.5. The number of aryl methyl sites for hydroxylation is 1. The Morgan fingerprint density at radius 3 is 1.94 bits per heavy atom. The van der Waals surface area contributed by atoms with Gasteiger partial charge in [-0.1, -0.05) is 0 Å². The fourth-order valence-electron chi connectivity index (χ4n) is 5.12. The molecule has 0 saturated carbocycles. The van der Waals surface area contributed by atoms with E-state index >= 15 is 4.39 Å². The van der Waals surface area contributed by atoms with Crippen LogP contribution in [0.5, 0.6) is 0 Å². The van der Waals surface area contributed by atoms with Gasteiger partial charge in [0.05, 0.1) is 0 Å². The summed E-state index contributed by atoms with van der Waals surface area (Å²) >= 11 is -2.79. The molecule has 3 nitrogen and oxygen atoms in total. The monoisotopic (exact) mass is 581 g/mol. The van der Waals surface area contributed by atoms with Crippen LogP contribution >= 0.6 is 0 Å². The molecule has 33 heavy (non-hydrogen) atoms. The summed E-state index contributed by atoms with van der Waals surface area (Å²) in [6.07, 6.45) is 7.18. The Bertz CT molecular complexity index is 1020. The Hall–Kier alpha value is -0.921. The summed E-state index contributed by atoms with van der Waals surface area (Å²) in [6, 6.07) is 11.0. The average Bonchev–Trinajstić information content (AvgIpc) is 3.25. The van der Waals surface area contributed by atoms with E-state index in [1.807, 2.05) is 25.1 Å². The van der Waals surface area contributed by atoms with Gasteiger partial charge in [0.25, 0.3) is 0 Å². The van der Waals surface area contributed by atoms with Gasteiger partial charge in [-0.3, -0.25) is 0 Å². The van der Waals surface area contributed by atoms with Crippen molar-refractivity contribution in [1.82, 2.24) is 4.31 Å². The van der Waals surface area contributed by atoms with Crippen molar-refractivity contribution in [2.24, 2.45) is 0 Å². The second-order valence-electron chi connectivity index (χ2n) is 9.77. The second kappa shape index (κ2) is 11.7. The normalized spacial score (nSPS) is 14.6. The van der Waals surface area contributed by atoms with Crippen LogP contribution in [0.2, 0.25) is 13.3 Å². The molecule has 0 aromatic heterocycles. The number of sulfonamides is 1. The average molecular weight is 580 g/mol. The number of halogens is 1. The summed E-state index contributed by atoms with van der Waals surface area (Å²) in [7, 11) is -3.65. The first-order valence-electron chi connectivity index (χ1n) is 12.7. The van der Waals surface area contributed by atoms with Gasteiger partial charge in [0.2, 0.25) is 0 Å². The van der Waals surface area contributed by atoms with Crippen molar-refractivity contribution in [2.75, 3.05) is 0 Å². The van der Waals surface area contributed by atoms with Crippen molar-refractivity contribution in [3.05, 3.63) is 58.9 Å². The van der Waals surface area contributed by atoms with Crippen molar-refractivity contribution in [3.8, 4) is 0 Å². The molecule has 0 atom stereocenters. The van der Waals surface area contributed by atoms with Crippen LogP contribution in [-0.4, -0.2) is 31.1 Å². The van der Waals surface area contributed by atoms with E-state index in [9.17, 15) is 8.42 Å². The number of benzene rings is 2. The Labute approximate surface area is 204 Å². The van der Waals surface area contributed by atoms with Crippen LogP contribution in [0.4, 0.5) is 4.39 Å². The number of rotatable bonds is 12. The number of fused-ring (bicyclic) bond motifs is 1. The molecule has 182 valence electrons. The zero-order valence-electron chi connectivity index (χ0n) is 20.8. The van der Waals surface area contributed by atoms with Crippen LogP contribution in [0, 0.1) is 12.7 Å². The van der Waals surface area contributed by atoms with Crippen LogP contribution in [0.3, 0.4) is 0 Å². The summed E-state index contributed by atoms with van der Waals surface area (Å²) < 4.78 is 48.5. The van der Waals surface area contributed by atoms with E-state index in [1.54, 1.807) is 12.1 Å². The van der Waals surface area contributed by atoms with Gasteiger partial charge in [-0.05, 0) is 0 Å². The van der Waals surface area contributed by atoms with E-state index in [0.717, 1.165) is 11.1 Å². The molecule has 1 aliphatic heterocycles. The number of hydrogen-bond donors (Lipinski definition) is 0. The minimum absolute atomic E-state index is 0.124. The molecule has 2 aromatic rings. The van der Waals surface area contributed by atoms with Crippen LogP contribution in [0.15, 0.2) is 41.3 Å². The molecule has 0 N–H and O–H groups in total. The third-order valence-corrected chi connectivity index (χ3v) is 24.6. The molecular weight excluding hydrogens is 540 g/mol. The zero-order chi connectivity index (χ0) is 24.1. The Morgan fingerprint density at radius 2 is 1.42 bits per heavy atom. The summed E-state index contributed by atoms with van der Waals surface area (Å²) in [6.45, 7) is 9.06. The topological polar surface area (TPSA) is 37.4 Å². The first-order chi connectivity index (χ1) is 15.8. The second-order valence-corrected chi connectivity index (χ2v) is 24.9. The van der Waals surface area contributed by atoms with Crippen molar-refractivity contribution < 1.29 is 12.8 Å². The fraction of sp³-hybridized carbons (Fsp3) is 0.556. The molecule has 0 fully saturated rings. The Balaban J connectivity index is 1.97. The maximum absolute atomic E-state index is 15.5. The van der Waals surface area contributed by atoms with Crippen molar-refractivity contribution in [1.29, 1.82) is 0 Å². The Kier molecular flexibility index (Phi) is 9.44. The van der Waals surface area contributed by atoms with Gasteiger partial charge in [0.15, 0.2) is 0 Å². The van der Waals surface area contributed by atoms with E-state index in [-0.39, 0.29) is 23.8 Å². The van der Waals surface area contributed by atoms with Crippen LogP contribution < -0.4 is 3.58 Å². The summed E-state index contributed by atoms with van der Waals surface area (Å²) in [4.78, 5) is 0.281. The molecule has 6 heteroatoms. The predicted molar refractivity (Wildman–Crippen MR) is 139 cm³/mol. The van der Waals surface area contributed by atoms with Gasteiger partial charge in [-0.25, -0.2) is 0 Å². The van der Waals surface area contributed by atoms with Crippen LogP contribution in [0.25, 0.3) is 0 Å². The molecule has 0 unspecified atom stereocenters. The molecule has 0 radical (unpaired) electrons. The molecule has 0 bridgehead atoms. The van der Waals surface area contributed by atoms with Crippen molar-refractivity contribution in [2.45, 2.75) is 97.5 Å². The van der Waals surface area contributed by atoms with Gasteiger partial charge >= 0.3 is 206 Å². The van der Waals surface area contributed by atoms with Gasteiger partial charge < -0.3 is 0 Å². The third kappa shape index (κ3) is 6.02. The van der Waals surface area contributed by atoms with Crippen LogP contribution in [0.1, 0.15) is 76.0 Å². The van der Waals surface area contributed by atoms with E-state index in [0.29, 0.717) is 5.56 Å². The molecule has 0 saturated heterocycles. The third-order valence-electron chi connectivity index (χ3n) is 7.27. The fourth-order valence-corrected chi connectivity index (χ4v) is 22.6. The molecular formula is C27H40FNO2SSn. The van der Waals surface area contributed by atoms with E-state index in [1.165, 1.54) is 59.7 Å². The van der Waals surface area contributed by atoms with Gasteiger partial charge in [0.1, 0.15) is 0 Å². The quantitative estimate of drug-likeness (QED) is 0.257. The SMILES string of the molecule is CCC[CH2][Sn]([CH2]CCC)([CH2]CCC)[c]1cc(F)c2c(c1)CN(S(=O)(=O)c1ccc(C)cc1)C2. The van der Waals surface area contributed by atoms with Crippen molar-refractivity contribution in [3.63, 3.8) is 0 Å². The molecule has 0 aliphatic carbocycles. The molecule has 0 amide bonds. The summed E-state index contributed by atoms with van der Waals surface area (Å²) in [5.41, 5.74) is 2.46. The summed E-state index contributed by atoms with van der Waals surface area (Å²) in [5.74, 6) is -0.199. The minimum atomic E-state index is -3.65. The first kappa shape index (κ1) is 26.7. The molecule has 3 rings (SSSR count). The molecule has 2 aromatic carbocycles. The van der Waals surface area contributed by atoms with Gasteiger partial charge in [-0.15, -0.1) is 0 Å². The number of hydrogen-bond acceptors (Lipinski definition) is 2. The molecule has 0 spiro atoms. The van der Waals surface area contributed by atoms with E-state index in [4.69, 9.17) is 0 Å². The molecule has 1 heterocycles.